The zero-order valence-electron chi connectivity index (χ0n) is 16.9. The molecule has 0 fully saturated rings. The Morgan fingerprint density at radius 3 is 2.52 bits per heavy atom. The first-order valence-corrected chi connectivity index (χ1v) is 9.79. The van der Waals surface area contributed by atoms with Crippen molar-refractivity contribution < 1.29 is 23.1 Å². The van der Waals surface area contributed by atoms with E-state index in [0.717, 1.165) is 28.6 Å². The number of rotatable bonds is 5. The molecule has 1 amide bonds. The summed E-state index contributed by atoms with van der Waals surface area (Å²) in [5.41, 5.74) is 2.30. The molecule has 2 heterocycles. The number of aliphatic hydroxyl groups is 1. The van der Waals surface area contributed by atoms with Gasteiger partial charge in [-0.2, -0.15) is 13.2 Å². The zero-order chi connectivity index (χ0) is 22.3. The number of amides is 1. The van der Waals surface area contributed by atoms with Crippen LogP contribution >= 0.6 is 0 Å². The molecule has 4 aromatic rings. The summed E-state index contributed by atoms with van der Waals surface area (Å²) in [6.07, 6.45) is -2.19. The van der Waals surface area contributed by atoms with Crippen molar-refractivity contribution in [3.63, 3.8) is 0 Å². The topological polar surface area (TPSA) is 72.1 Å². The Morgan fingerprint density at radius 2 is 1.90 bits per heavy atom. The van der Waals surface area contributed by atoms with Crippen LogP contribution in [0.25, 0.3) is 27.8 Å². The van der Waals surface area contributed by atoms with Crippen LogP contribution in [-0.4, -0.2) is 37.8 Å². The van der Waals surface area contributed by atoms with Crippen molar-refractivity contribution in [1.82, 2.24) is 19.4 Å². The van der Waals surface area contributed by atoms with E-state index < -0.39 is 11.7 Å². The summed E-state index contributed by atoms with van der Waals surface area (Å²) < 4.78 is 42.5. The predicted molar refractivity (Wildman–Crippen MR) is 111 cm³/mol. The lowest BCUT2D eigenvalue weighted by Crippen LogP contribution is -2.36. The third-order valence-electron chi connectivity index (χ3n) is 5.39. The number of benzene rings is 2. The standard InChI is InChI=1S/C22H21F3N4O2/c1-3-15(11-30)27-21(31)13-4-9-18-17(10-13)19-20(26-12-28(19)2)29(18)16-7-5-14(6-8-16)22(23,24)25/h4-10,12,15,30H,3,11H2,1-2H3,(H,27,31)/t15-/m0/s1. The van der Waals surface area contributed by atoms with Crippen LogP contribution in [0.5, 0.6) is 0 Å². The number of nitrogens with one attached hydrogen (secondary N) is 1. The molecule has 31 heavy (non-hydrogen) atoms. The number of hydrogen-bond donors (Lipinski definition) is 2. The van der Waals surface area contributed by atoms with Gasteiger partial charge in [-0.15, -0.1) is 0 Å². The van der Waals surface area contributed by atoms with E-state index in [2.05, 4.69) is 10.3 Å². The van der Waals surface area contributed by atoms with Crippen molar-refractivity contribution in [2.45, 2.75) is 25.6 Å². The van der Waals surface area contributed by atoms with Gasteiger partial charge in [0.25, 0.3) is 5.91 Å². The van der Waals surface area contributed by atoms with E-state index in [1.165, 1.54) is 12.1 Å². The third kappa shape index (κ3) is 3.65. The van der Waals surface area contributed by atoms with Crippen LogP contribution in [0.4, 0.5) is 13.2 Å². The maximum atomic E-state index is 13.0. The summed E-state index contributed by atoms with van der Waals surface area (Å²) in [7, 11) is 1.82. The van der Waals surface area contributed by atoms with Crippen molar-refractivity contribution in [3.8, 4) is 5.69 Å². The number of carbonyl (C=O) groups excluding carboxylic acids is 1. The minimum atomic E-state index is -4.41. The molecule has 6 nitrogen and oxygen atoms in total. The normalized spacial score (nSPS) is 13.1. The molecule has 2 aromatic carbocycles. The van der Waals surface area contributed by atoms with E-state index in [9.17, 15) is 23.1 Å². The van der Waals surface area contributed by atoms with Gasteiger partial charge in [0.2, 0.25) is 0 Å². The molecule has 9 heteroatoms. The molecule has 162 valence electrons. The van der Waals surface area contributed by atoms with Crippen LogP contribution in [0, 0.1) is 0 Å². The number of aromatic nitrogens is 3. The summed E-state index contributed by atoms with van der Waals surface area (Å²) in [6, 6.07) is 9.70. The molecule has 0 spiro atoms. The third-order valence-corrected chi connectivity index (χ3v) is 5.39. The number of aryl methyl sites for hydroxylation is 1. The van der Waals surface area contributed by atoms with E-state index in [4.69, 9.17) is 0 Å². The highest BCUT2D eigenvalue weighted by atomic mass is 19.4. The Labute approximate surface area is 175 Å². The average molecular weight is 430 g/mol. The first kappa shape index (κ1) is 20.9. The lowest BCUT2D eigenvalue weighted by Gasteiger charge is -2.14. The Kier molecular flexibility index (Phi) is 5.22. The largest absolute Gasteiger partial charge is 0.416 e. The minimum absolute atomic E-state index is 0.152. The Morgan fingerprint density at radius 1 is 1.19 bits per heavy atom. The van der Waals surface area contributed by atoms with Crippen LogP contribution in [0.2, 0.25) is 0 Å². The summed E-state index contributed by atoms with van der Waals surface area (Å²) in [6.45, 7) is 1.72. The number of halogens is 3. The van der Waals surface area contributed by atoms with Crippen LogP contribution in [0.1, 0.15) is 29.3 Å². The number of aliphatic hydroxyl groups excluding tert-OH is 1. The summed E-state index contributed by atoms with van der Waals surface area (Å²) in [5, 5.41) is 12.9. The van der Waals surface area contributed by atoms with Gasteiger partial charge in [-0.1, -0.05) is 6.92 Å². The first-order chi connectivity index (χ1) is 14.7. The Hall–Kier alpha value is -3.33. The number of alkyl halides is 3. The molecule has 0 radical (unpaired) electrons. The summed E-state index contributed by atoms with van der Waals surface area (Å²) >= 11 is 0. The number of nitrogens with zero attached hydrogens (tertiary/aromatic N) is 3. The lowest BCUT2D eigenvalue weighted by molar-refractivity contribution is -0.137. The average Bonchev–Trinajstić information content (AvgIpc) is 3.28. The molecule has 0 bridgehead atoms. The van der Waals surface area contributed by atoms with Crippen molar-refractivity contribution in [2.24, 2.45) is 7.05 Å². The molecule has 0 saturated carbocycles. The fourth-order valence-corrected chi connectivity index (χ4v) is 3.67. The Bertz CT molecular complexity index is 1250. The molecule has 0 aliphatic carbocycles. The van der Waals surface area contributed by atoms with Crippen molar-refractivity contribution >= 4 is 28.0 Å². The highest BCUT2D eigenvalue weighted by molar-refractivity contribution is 6.09. The van der Waals surface area contributed by atoms with Gasteiger partial charge in [0.05, 0.1) is 35.6 Å². The SMILES string of the molecule is CC[C@@H](CO)NC(=O)c1ccc2c(c1)c1c(ncn1C)n2-c1ccc(C(F)(F)F)cc1. The van der Waals surface area contributed by atoms with Gasteiger partial charge in [0, 0.05) is 23.7 Å². The van der Waals surface area contributed by atoms with Crippen LogP contribution < -0.4 is 5.32 Å². The van der Waals surface area contributed by atoms with Crippen LogP contribution in [0.15, 0.2) is 48.8 Å². The van der Waals surface area contributed by atoms with Gasteiger partial charge in [-0.05, 0) is 48.9 Å². The predicted octanol–water partition coefficient (Wildman–Crippen LogP) is 4.04. The van der Waals surface area contributed by atoms with Crippen LogP contribution in [-0.2, 0) is 13.2 Å². The molecule has 0 aliphatic rings. The zero-order valence-corrected chi connectivity index (χ0v) is 16.9. The highest BCUT2D eigenvalue weighted by Gasteiger charge is 2.30. The van der Waals surface area contributed by atoms with Gasteiger partial charge < -0.3 is 15.0 Å². The van der Waals surface area contributed by atoms with Gasteiger partial charge in [-0.25, -0.2) is 4.98 Å². The maximum absolute atomic E-state index is 13.0. The van der Waals surface area contributed by atoms with E-state index >= 15 is 0 Å². The molecule has 0 saturated heterocycles. The van der Waals surface area contributed by atoms with E-state index in [1.807, 2.05) is 18.5 Å². The number of carbonyl (C=O) groups is 1. The monoisotopic (exact) mass is 430 g/mol. The van der Waals surface area contributed by atoms with Crippen molar-refractivity contribution in [3.05, 3.63) is 59.9 Å². The van der Waals surface area contributed by atoms with Gasteiger partial charge in [-0.3, -0.25) is 9.36 Å². The number of imidazole rings is 1. The Balaban J connectivity index is 1.84. The molecule has 2 aromatic heterocycles. The second-order valence-electron chi connectivity index (χ2n) is 7.40. The molecule has 0 aliphatic heterocycles. The molecular weight excluding hydrogens is 409 g/mol. The van der Waals surface area contributed by atoms with Gasteiger partial charge >= 0.3 is 6.18 Å². The smallest absolute Gasteiger partial charge is 0.394 e. The van der Waals surface area contributed by atoms with Gasteiger partial charge in [0.1, 0.15) is 0 Å². The molecule has 2 N–H and O–H groups in total. The second-order valence-corrected chi connectivity index (χ2v) is 7.40. The quantitative estimate of drug-likeness (QED) is 0.502. The number of hydrogen-bond acceptors (Lipinski definition) is 3. The molecular formula is C22H21F3N4O2. The first-order valence-electron chi connectivity index (χ1n) is 9.79. The maximum Gasteiger partial charge on any atom is 0.416 e. The molecule has 4 rings (SSSR count). The van der Waals surface area contributed by atoms with Crippen molar-refractivity contribution in [2.75, 3.05) is 6.61 Å². The lowest BCUT2D eigenvalue weighted by atomic mass is 10.1. The minimum Gasteiger partial charge on any atom is -0.394 e. The summed E-state index contributed by atoms with van der Waals surface area (Å²) in [4.78, 5) is 17.0. The molecule has 1 atom stereocenters. The highest BCUT2D eigenvalue weighted by Crippen LogP contribution is 2.34. The van der Waals surface area contributed by atoms with Crippen LogP contribution in [0.3, 0.4) is 0 Å². The number of fused-ring (bicyclic) bond motifs is 3. The van der Waals surface area contributed by atoms with Gasteiger partial charge in [0.15, 0.2) is 5.65 Å². The second kappa shape index (κ2) is 7.73. The molecule has 0 unspecified atom stereocenters. The van der Waals surface area contributed by atoms with E-state index in [0.29, 0.717) is 23.3 Å². The fraction of sp³-hybridized carbons (Fsp3) is 0.273. The van der Waals surface area contributed by atoms with Crippen molar-refractivity contribution in [1.29, 1.82) is 0 Å². The van der Waals surface area contributed by atoms with E-state index in [1.54, 1.807) is 29.1 Å². The fourth-order valence-electron chi connectivity index (χ4n) is 3.67. The van der Waals surface area contributed by atoms with E-state index in [-0.39, 0.29) is 18.6 Å². The summed E-state index contributed by atoms with van der Waals surface area (Å²) in [5.74, 6) is -0.305.